The second kappa shape index (κ2) is 7.78. The van der Waals surface area contributed by atoms with Gasteiger partial charge in [0.1, 0.15) is 16.6 Å². The fraction of sp³-hybridized carbons (Fsp3) is 0.250. The van der Waals surface area contributed by atoms with Crippen LogP contribution in [0.4, 0.5) is 27.8 Å². The summed E-state index contributed by atoms with van der Waals surface area (Å²) in [5, 5.41) is 1.98. The maximum absolute atomic E-state index is 13.1. The number of nitrogens with zero attached hydrogens (tertiary/aromatic N) is 2. The van der Waals surface area contributed by atoms with E-state index < -0.39 is 16.8 Å². The molecular formula is C12H6BrCl3F5N3OS. The van der Waals surface area contributed by atoms with Crippen LogP contribution in [-0.4, -0.2) is 27.7 Å². The van der Waals surface area contributed by atoms with Gasteiger partial charge in [0.05, 0.1) is 15.7 Å². The molecule has 0 spiro atoms. The second-order valence-corrected chi connectivity index (χ2v) is 7.78. The number of benzene rings is 1. The van der Waals surface area contributed by atoms with Gasteiger partial charge < -0.3 is 10.1 Å². The van der Waals surface area contributed by atoms with Crippen LogP contribution < -0.4 is 10.1 Å². The Kier molecular flexibility index (Phi) is 6.49. The van der Waals surface area contributed by atoms with Gasteiger partial charge >= 0.3 is 11.1 Å². The van der Waals surface area contributed by atoms with Gasteiger partial charge in [-0.2, -0.15) is 8.78 Å². The number of thioether (sulfide) groups is 1. The highest BCUT2D eigenvalue weighted by Crippen LogP contribution is 2.45. The van der Waals surface area contributed by atoms with Gasteiger partial charge in [-0.3, -0.25) is 4.57 Å². The molecule has 0 fully saturated rings. The van der Waals surface area contributed by atoms with Crippen LogP contribution in [0.15, 0.2) is 21.9 Å². The summed E-state index contributed by atoms with van der Waals surface area (Å²) >= 11 is 20.0. The summed E-state index contributed by atoms with van der Waals surface area (Å²) in [6.45, 7) is 0. The number of alkyl halides is 6. The lowest BCUT2D eigenvalue weighted by atomic mass is 10.3. The Morgan fingerprint density at radius 3 is 2.15 bits per heavy atom. The minimum Gasteiger partial charge on any atom is -0.406 e. The molecule has 2 rings (SSSR count). The third-order valence-electron chi connectivity index (χ3n) is 2.70. The highest BCUT2D eigenvalue weighted by Gasteiger charge is 2.33. The van der Waals surface area contributed by atoms with Crippen LogP contribution in [-0.2, 0) is 0 Å². The Labute approximate surface area is 171 Å². The Hall–Kier alpha value is -0.620. The van der Waals surface area contributed by atoms with Crippen LogP contribution in [0.2, 0.25) is 10.0 Å². The fourth-order valence-corrected chi connectivity index (χ4v) is 4.07. The van der Waals surface area contributed by atoms with Crippen molar-refractivity contribution < 1.29 is 26.7 Å². The lowest BCUT2D eigenvalue weighted by molar-refractivity contribution is -0.274. The van der Waals surface area contributed by atoms with Gasteiger partial charge in [-0.15, -0.1) is 13.2 Å². The molecule has 0 amide bonds. The van der Waals surface area contributed by atoms with Crippen molar-refractivity contribution in [3.8, 4) is 11.4 Å². The lowest BCUT2D eigenvalue weighted by Gasteiger charge is -2.16. The van der Waals surface area contributed by atoms with Gasteiger partial charge in [-0.05, 0) is 39.3 Å². The molecule has 0 aliphatic heterocycles. The van der Waals surface area contributed by atoms with E-state index in [9.17, 15) is 22.0 Å². The van der Waals surface area contributed by atoms with Crippen molar-refractivity contribution in [2.24, 2.45) is 0 Å². The lowest BCUT2D eigenvalue weighted by Crippen LogP contribution is -2.17. The first-order valence-corrected chi connectivity index (χ1v) is 9.03. The fourth-order valence-electron chi connectivity index (χ4n) is 1.93. The van der Waals surface area contributed by atoms with Gasteiger partial charge in [-0.1, -0.05) is 23.2 Å². The summed E-state index contributed by atoms with van der Waals surface area (Å²) in [6.07, 6.45) is -4.93. The molecule has 0 aliphatic rings. The van der Waals surface area contributed by atoms with E-state index in [1.54, 1.807) is 0 Å². The topological polar surface area (TPSA) is 39.1 Å². The largest absolute Gasteiger partial charge is 0.573 e. The molecule has 144 valence electrons. The minimum absolute atomic E-state index is 0.00341. The van der Waals surface area contributed by atoms with Gasteiger partial charge in [-0.25, -0.2) is 4.98 Å². The molecule has 0 saturated heterocycles. The van der Waals surface area contributed by atoms with Crippen LogP contribution in [0.25, 0.3) is 5.69 Å². The number of hydrogen-bond acceptors (Lipinski definition) is 4. The molecule has 0 atom stereocenters. The Morgan fingerprint density at radius 1 is 1.19 bits per heavy atom. The molecular weight excluding hydrogens is 515 g/mol. The predicted molar refractivity (Wildman–Crippen MR) is 94.2 cm³/mol. The number of ether oxygens (including phenoxy) is 1. The van der Waals surface area contributed by atoms with E-state index in [4.69, 9.17) is 34.8 Å². The van der Waals surface area contributed by atoms with E-state index in [-0.39, 0.29) is 43.1 Å². The molecule has 1 aromatic heterocycles. The molecule has 0 unspecified atom stereocenters. The number of aromatic nitrogens is 2. The molecule has 1 aromatic carbocycles. The average molecular weight is 522 g/mol. The number of anilines is 1. The Bertz CT molecular complexity index is 805. The number of halogens is 9. The van der Waals surface area contributed by atoms with E-state index in [1.807, 2.05) is 0 Å². The number of rotatable bonds is 5. The molecule has 1 heterocycles. The average Bonchev–Trinajstić information content (AvgIpc) is 2.69. The van der Waals surface area contributed by atoms with Gasteiger partial charge in [0.25, 0.3) is 0 Å². The first kappa shape index (κ1) is 21.7. The zero-order chi connectivity index (χ0) is 19.9. The van der Waals surface area contributed by atoms with Crippen LogP contribution in [0, 0.1) is 0 Å². The van der Waals surface area contributed by atoms with Crippen molar-refractivity contribution in [1.82, 2.24) is 9.55 Å². The summed E-state index contributed by atoms with van der Waals surface area (Å²) in [6, 6.07) is 1.76. The summed E-state index contributed by atoms with van der Waals surface area (Å²) in [4.78, 5) is 3.89. The normalized spacial score (nSPS) is 12.4. The summed E-state index contributed by atoms with van der Waals surface area (Å²) < 4.78 is 64.6. The maximum Gasteiger partial charge on any atom is 0.573 e. The van der Waals surface area contributed by atoms with E-state index in [1.165, 1.54) is 11.6 Å². The van der Waals surface area contributed by atoms with Crippen molar-refractivity contribution in [2.75, 3.05) is 12.4 Å². The van der Waals surface area contributed by atoms with E-state index in [0.717, 1.165) is 12.1 Å². The van der Waals surface area contributed by atoms with Crippen molar-refractivity contribution in [2.45, 2.75) is 16.1 Å². The minimum atomic E-state index is -4.93. The van der Waals surface area contributed by atoms with Crippen LogP contribution >= 0.6 is 62.5 Å². The molecule has 2 aromatic rings. The van der Waals surface area contributed by atoms with Crippen LogP contribution in [0.3, 0.4) is 0 Å². The van der Waals surface area contributed by atoms with Gasteiger partial charge in [0.15, 0.2) is 4.73 Å². The van der Waals surface area contributed by atoms with Gasteiger partial charge in [0, 0.05) is 19.2 Å². The molecule has 14 heteroatoms. The first-order valence-electron chi connectivity index (χ1n) is 6.29. The molecule has 0 bridgehead atoms. The molecule has 26 heavy (non-hydrogen) atoms. The van der Waals surface area contributed by atoms with Crippen molar-refractivity contribution in [3.05, 3.63) is 26.9 Å². The molecule has 0 aliphatic carbocycles. The van der Waals surface area contributed by atoms with Crippen molar-refractivity contribution in [1.29, 1.82) is 0 Å². The van der Waals surface area contributed by atoms with E-state index >= 15 is 0 Å². The van der Waals surface area contributed by atoms with Crippen LogP contribution in [0.1, 0.15) is 0 Å². The maximum atomic E-state index is 13.1. The third-order valence-corrected chi connectivity index (χ3v) is 4.75. The van der Waals surface area contributed by atoms with Crippen molar-refractivity contribution in [3.63, 3.8) is 0 Å². The second-order valence-electron chi connectivity index (χ2n) is 4.45. The quantitative estimate of drug-likeness (QED) is 0.268. The smallest absolute Gasteiger partial charge is 0.406 e. The third kappa shape index (κ3) is 5.22. The highest BCUT2D eigenvalue weighted by atomic mass is 79.9. The molecule has 4 nitrogen and oxygen atoms in total. The molecule has 0 radical (unpaired) electrons. The number of hydrogen-bond donors (Lipinski definition) is 1. The molecule has 0 saturated carbocycles. The van der Waals surface area contributed by atoms with Crippen molar-refractivity contribution >= 4 is 68.3 Å². The van der Waals surface area contributed by atoms with E-state index in [2.05, 4.69) is 31.0 Å². The Morgan fingerprint density at radius 2 is 1.73 bits per heavy atom. The number of nitrogens with one attached hydrogen (secondary N) is 1. The van der Waals surface area contributed by atoms with Gasteiger partial charge in [0.2, 0.25) is 0 Å². The summed E-state index contributed by atoms with van der Waals surface area (Å²) in [5.41, 5.74) is -0.00341. The Balaban J connectivity index is 2.58. The van der Waals surface area contributed by atoms with E-state index in [0.29, 0.717) is 0 Å². The van der Waals surface area contributed by atoms with Crippen LogP contribution in [0.5, 0.6) is 5.75 Å². The standard InChI is InChI=1S/C12H6BrCl3F5N3OS/c1-22-8-9(26-11(16,17)18)23-10(13)24(8)7-5(14)2-4(3-6(7)15)25-12(19,20)21/h2-3,22H,1H3. The number of imidazole rings is 1. The zero-order valence-electron chi connectivity index (χ0n) is 12.3. The monoisotopic (exact) mass is 519 g/mol. The molecule has 1 N–H and O–H groups in total. The zero-order valence-corrected chi connectivity index (χ0v) is 16.9. The first-order chi connectivity index (χ1) is 11.8. The SMILES string of the molecule is CNc1c(SC(F)(F)Cl)nc(Br)n1-c1c(Cl)cc(OC(F)(F)F)cc1Cl. The predicted octanol–water partition coefficient (Wildman–Crippen LogP) is 6.76. The summed E-state index contributed by atoms with van der Waals surface area (Å²) in [5.74, 6) is -0.601. The summed E-state index contributed by atoms with van der Waals surface area (Å²) in [7, 11) is 1.42. The highest BCUT2D eigenvalue weighted by molar-refractivity contribution is 9.10.